The first-order chi connectivity index (χ1) is 7.26. The number of methoxy groups -OCH3 is 1. The molecule has 0 unspecified atom stereocenters. The Morgan fingerprint density at radius 2 is 2.07 bits per heavy atom. The number of carbonyl (C=O) groups is 1. The highest BCUT2D eigenvalue weighted by molar-refractivity contribution is 6.37. The molecule has 0 aliphatic rings. The Hall–Kier alpha value is -1.54. The number of rotatable bonds is 2. The van der Waals surface area contributed by atoms with Crippen LogP contribution in [0.4, 0.5) is 0 Å². The molecule has 0 amide bonds. The van der Waals surface area contributed by atoms with Crippen molar-refractivity contribution in [3.8, 4) is 5.75 Å². The van der Waals surface area contributed by atoms with Gasteiger partial charge in [-0.25, -0.2) is 0 Å². The topological polar surface area (TPSA) is 26.3 Å². The van der Waals surface area contributed by atoms with Crippen molar-refractivity contribution in [1.29, 1.82) is 0 Å². The van der Waals surface area contributed by atoms with Gasteiger partial charge in [0.1, 0.15) is 12.0 Å². The Morgan fingerprint density at radius 3 is 2.73 bits per heavy atom. The van der Waals surface area contributed by atoms with Crippen molar-refractivity contribution < 1.29 is 9.53 Å². The number of fused-ring (bicyclic) bond motifs is 1. The fourth-order valence-electron chi connectivity index (χ4n) is 1.52. The van der Waals surface area contributed by atoms with Crippen molar-refractivity contribution in [1.82, 2.24) is 0 Å². The number of hydrogen-bond donors (Lipinski definition) is 0. The molecule has 2 aromatic carbocycles. The van der Waals surface area contributed by atoms with E-state index in [9.17, 15) is 4.79 Å². The minimum atomic E-state index is 0.576. The molecule has 0 spiro atoms. The van der Waals surface area contributed by atoms with Crippen molar-refractivity contribution >= 4 is 28.7 Å². The third kappa shape index (κ3) is 1.68. The van der Waals surface area contributed by atoms with Gasteiger partial charge < -0.3 is 4.74 Å². The number of ether oxygens (including phenoxy) is 1. The third-order valence-electron chi connectivity index (χ3n) is 2.30. The summed E-state index contributed by atoms with van der Waals surface area (Å²) in [5.41, 5.74) is 0.642. The molecular weight excluding hydrogens is 212 g/mol. The van der Waals surface area contributed by atoms with Crippen LogP contribution < -0.4 is 4.74 Å². The van der Waals surface area contributed by atoms with E-state index in [2.05, 4.69) is 0 Å². The van der Waals surface area contributed by atoms with Crippen LogP contribution in [0.15, 0.2) is 30.3 Å². The van der Waals surface area contributed by atoms with Crippen LogP contribution in [0.1, 0.15) is 10.4 Å². The van der Waals surface area contributed by atoms with Gasteiger partial charge in [0.2, 0.25) is 0 Å². The van der Waals surface area contributed by atoms with Gasteiger partial charge in [-0.05, 0) is 17.5 Å². The number of hydrogen-bond acceptors (Lipinski definition) is 2. The van der Waals surface area contributed by atoms with E-state index in [4.69, 9.17) is 16.3 Å². The number of halogens is 1. The molecule has 0 heterocycles. The van der Waals surface area contributed by atoms with Gasteiger partial charge in [-0.1, -0.05) is 29.8 Å². The predicted molar refractivity (Wildman–Crippen MR) is 60.9 cm³/mol. The lowest BCUT2D eigenvalue weighted by Gasteiger charge is -2.06. The standard InChI is InChI=1S/C12H9ClO2/c1-15-11-5-3-9-6-8(7-14)2-4-10(9)12(11)13/h2-7H,1H3. The van der Waals surface area contributed by atoms with Crippen LogP contribution in [0.5, 0.6) is 5.75 Å². The first-order valence-electron chi connectivity index (χ1n) is 4.47. The van der Waals surface area contributed by atoms with Crippen molar-refractivity contribution in [2.75, 3.05) is 7.11 Å². The van der Waals surface area contributed by atoms with Crippen molar-refractivity contribution in [2.24, 2.45) is 0 Å². The molecule has 0 aromatic heterocycles. The van der Waals surface area contributed by atoms with E-state index >= 15 is 0 Å². The van der Waals surface area contributed by atoms with Gasteiger partial charge >= 0.3 is 0 Å². The maximum Gasteiger partial charge on any atom is 0.150 e. The fraction of sp³-hybridized carbons (Fsp3) is 0.0833. The molecule has 76 valence electrons. The highest BCUT2D eigenvalue weighted by atomic mass is 35.5. The summed E-state index contributed by atoms with van der Waals surface area (Å²) in [6, 6.07) is 9.03. The molecule has 0 atom stereocenters. The van der Waals surface area contributed by atoms with Crippen LogP contribution in [-0.2, 0) is 0 Å². The highest BCUT2D eigenvalue weighted by Crippen LogP contribution is 2.32. The molecule has 2 aromatic rings. The Bertz CT molecular complexity index is 520. The molecule has 0 bridgehead atoms. The largest absolute Gasteiger partial charge is 0.495 e. The van der Waals surface area contributed by atoms with Crippen LogP contribution in [0.3, 0.4) is 0 Å². The summed E-state index contributed by atoms with van der Waals surface area (Å²) in [5.74, 6) is 0.642. The summed E-state index contributed by atoms with van der Waals surface area (Å²) in [4.78, 5) is 10.6. The Balaban J connectivity index is 2.73. The summed E-state index contributed by atoms with van der Waals surface area (Å²) in [6.07, 6.45) is 0.817. The van der Waals surface area contributed by atoms with Crippen LogP contribution in [0.2, 0.25) is 5.02 Å². The molecule has 0 fully saturated rings. The molecular formula is C12H9ClO2. The molecule has 0 aliphatic carbocycles. The van der Waals surface area contributed by atoms with Crippen LogP contribution in [0.25, 0.3) is 10.8 Å². The fourth-order valence-corrected chi connectivity index (χ4v) is 1.83. The first-order valence-corrected chi connectivity index (χ1v) is 4.85. The minimum Gasteiger partial charge on any atom is -0.495 e. The van der Waals surface area contributed by atoms with Crippen LogP contribution in [-0.4, -0.2) is 13.4 Å². The molecule has 2 rings (SSSR count). The quantitative estimate of drug-likeness (QED) is 0.726. The average Bonchev–Trinajstić information content (AvgIpc) is 2.29. The second-order valence-electron chi connectivity index (χ2n) is 3.18. The zero-order chi connectivity index (χ0) is 10.8. The Labute approximate surface area is 92.4 Å². The molecule has 0 aliphatic heterocycles. The summed E-state index contributed by atoms with van der Waals surface area (Å²) in [6.45, 7) is 0. The second-order valence-corrected chi connectivity index (χ2v) is 3.56. The summed E-state index contributed by atoms with van der Waals surface area (Å²) < 4.78 is 5.11. The highest BCUT2D eigenvalue weighted by Gasteiger charge is 2.05. The Morgan fingerprint density at radius 1 is 1.27 bits per heavy atom. The van der Waals surface area contributed by atoms with Crippen LogP contribution >= 0.6 is 11.6 Å². The maximum absolute atomic E-state index is 10.6. The van der Waals surface area contributed by atoms with Crippen LogP contribution in [0, 0.1) is 0 Å². The molecule has 0 saturated heterocycles. The van der Waals surface area contributed by atoms with E-state index in [1.807, 2.05) is 12.1 Å². The average molecular weight is 221 g/mol. The van der Waals surface area contributed by atoms with E-state index in [-0.39, 0.29) is 0 Å². The zero-order valence-corrected chi connectivity index (χ0v) is 8.91. The van der Waals surface area contributed by atoms with E-state index in [1.165, 1.54) is 0 Å². The monoisotopic (exact) mass is 220 g/mol. The molecule has 2 nitrogen and oxygen atoms in total. The lowest BCUT2D eigenvalue weighted by Crippen LogP contribution is -1.86. The van der Waals surface area contributed by atoms with Gasteiger partial charge in [0.05, 0.1) is 12.1 Å². The predicted octanol–water partition coefficient (Wildman–Crippen LogP) is 3.31. The first kappa shape index (κ1) is 9.99. The number of benzene rings is 2. The molecule has 0 radical (unpaired) electrons. The van der Waals surface area contributed by atoms with E-state index in [1.54, 1.807) is 25.3 Å². The van der Waals surface area contributed by atoms with Gasteiger partial charge in [-0.2, -0.15) is 0 Å². The molecule has 0 N–H and O–H groups in total. The van der Waals surface area contributed by atoms with E-state index in [0.29, 0.717) is 16.3 Å². The SMILES string of the molecule is COc1ccc2cc(C=O)ccc2c1Cl. The van der Waals surface area contributed by atoms with E-state index < -0.39 is 0 Å². The number of carbonyl (C=O) groups excluding carboxylic acids is 1. The summed E-state index contributed by atoms with van der Waals surface area (Å²) >= 11 is 6.12. The number of aldehydes is 1. The minimum absolute atomic E-state index is 0.576. The molecule has 0 saturated carbocycles. The third-order valence-corrected chi connectivity index (χ3v) is 2.69. The van der Waals surface area contributed by atoms with E-state index in [0.717, 1.165) is 17.1 Å². The summed E-state index contributed by atoms with van der Waals surface area (Å²) in [7, 11) is 1.58. The Kier molecular flexibility index (Phi) is 2.60. The lowest BCUT2D eigenvalue weighted by atomic mass is 10.1. The summed E-state index contributed by atoms with van der Waals surface area (Å²) in [5, 5.41) is 2.40. The van der Waals surface area contributed by atoms with Crippen molar-refractivity contribution in [3.63, 3.8) is 0 Å². The van der Waals surface area contributed by atoms with Gasteiger partial charge in [-0.3, -0.25) is 4.79 Å². The maximum atomic E-state index is 10.6. The van der Waals surface area contributed by atoms with Gasteiger partial charge in [-0.15, -0.1) is 0 Å². The zero-order valence-electron chi connectivity index (χ0n) is 8.16. The lowest BCUT2D eigenvalue weighted by molar-refractivity contribution is 0.112. The van der Waals surface area contributed by atoms with Gasteiger partial charge in [0.15, 0.2) is 0 Å². The molecule has 15 heavy (non-hydrogen) atoms. The molecule has 3 heteroatoms. The normalized spacial score (nSPS) is 10.3. The van der Waals surface area contributed by atoms with Gasteiger partial charge in [0, 0.05) is 10.9 Å². The smallest absolute Gasteiger partial charge is 0.150 e. The van der Waals surface area contributed by atoms with Crippen molar-refractivity contribution in [3.05, 3.63) is 40.9 Å². The van der Waals surface area contributed by atoms with Crippen molar-refractivity contribution in [2.45, 2.75) is 0 Å². The second kappa shape index (κ2) is 3.91. The van der Waals surface area contributed by atoms with Gasteiger partial charge in [0.25, 0.3) is 0 Å².